The van der Waals surface area contributed by atoms with Gasteiger partial charge in [0.05, 0.1) is 22.0 Å². The lowest BCUT2D eigenvalue weighted by atomic mass is 10.1. The molecule has 1 aromatic heterocycles. The number of amides is 1. The van der Waals surface area contributed by atoms with Gasteiger partial charge in [-0.3, -0.25) is 4.79 Å². The zero-order valence-electron chi connectivity index (χ0n) is 21.2. The summed E-state index contributed by atoms with van der Waals surface area (Å²) in [6.45, 7) is 4.58. The maximum Gasteiger partial charge on any atom is 0.411 e. The van der Waals surface area contributed by atoms with E-state index >= 15 is 0 Å². The molecule has 0 radical (unpaired) electrons. The average molecular weight is 530 g/mol. The Labute approximate surface area is 225 Å². The fraction of sp³-hybridized carbons (Fsp3) is 0.276. The maximum absolute atomic E-state index is 13.8. The van der Waals surface area contributed by atoms with E-state index in [1.54, 1.807) is 29.9 Å². The van der Waals surface area contributed by atoms with Crippen molar-refractivity contribution < 1.29 is 9.53 Å². The van der Waals surface area contributed by atoms with Crippen LogP contribution in [-0.4, -0.2) is 53.9 Å². The fourth-order valence-electron chi connectivity index (χ4n) is 5.35. The number of piperazine rings is 1. The van der Waals surface area contributed by atoms with E-state index in [2.05, 4.69) is 5.32 Å². The van der Waals surface area contributed by atoms with E-state index < -0.39 is 18.2 Å². The zero-order chi connectivity index (χ0) is 26.4. The monoisotopic (exact) mass is 529 g/mol. The van der Waals surface area contributed by atoms with Gasteiger partial charge >= 0.3 is 6.09 Å². The minimum absolute atomic E-state index is 0.246. The Morgan fingerprint density at radius 1 is 1.03 bits per heavy atom. The van der Waals surface area contributed by atoms with Crippen molar-refractivity contribution in [1.29, 1.82) is 0 Å². The Morgan fingerprint density at radius 2 is 1.66 bits per heavy atom. The smallest absolute Gasteiger partial charge is 0.411 e. The van der Waals surface area contributed by atoms with Crippen LogP contribution in [0, 0.1) is 0 Å². The quantitative estimate of drug-likeness (QED) is 0.419. The second kappa shape index (κ2) is 9.78. The van der Waals surface area contributed by atoms with Crippen molar-refractivity contribution in [3.05, 3.63) is 99.1 Å². The highest BCUT2D eigenvalue weighted by Crippen LogP contribution is 2.45. The Morgan fingerprint density at radius 3 is 2.32 bits per heavy atom. The second-order valence-electron chi connectivity index (χ2n) is 9.65. The average Bonchev–Trinajstić information content (AvgIpc) is 3.26. The van der Waals surface area contributed by atoms with Gasteiger partial charge in [0.25, 0.3) is 5.56 Å². The Bertz CT molecular complexity index is 1550. The highest BCUT2D eigenvalue weighted by molar-refractivity contribution is 6.35. The first-order valence-electron chi connectivity index (χ1n) is 12.7. The van der Waals surface area contributed by atoms with Crippen molar-refractivity contribution in [1.82, 2.24) is 19.9 Å². The first-order chi connectivity index (χ1) is 18.5. The van der Waals surface area contributed by atoms with Crippen LogP contribution in [0.15, 0.2) is 71.5 Å². The minimum atomic E-state index is -0.555. The molecule has 0 unspecified atom stereocenters. The molecular formula is C29H28ClN5O3. The molecule has 9 heteroatoms. The predicted molar refractivity (Wildman–Crippen MR) is 148 cm³/mol. The number of rotatable bonds is 4. The van der Waals surface area contributed by atoms with Crippen molar-refractivity contribution in [3.8, 4) is 11.1 Å². The summed E-state index contributed by atoms with van der Waals surface area (Å²) in [5.41, 5.74) is 4.30. The number of nitrogens with zero attached hydrogens (tertiary/aromatic N) is 4. The number of carbonyl (C=O) groups excluding carboxylic acids is 1. The lowest BCUT2D eigenvalue weighted by molar-refractivity contribution is 0.0744. The third kappa shape index (κ3) is 4.01. The third-order valence-electron chi connectivity index (χ3n) is 7.46. The maximum atomic E-state index is 13.8. The number of benzene rings is 3. The van der Waals surface area contributed by atoms with Crippen LogP contribution >= 0.6 is 11.6 Å². The van der Waals surface area contributed by atoms with Crippen LogP contribution in [0.1, 0.15) is 36.0 Å². The lowest BCUT2D eigenvalue weighted by Gasteiger charge is -2.35. The second-order valence-corrected chi connectivity index (χ2v) is 10.1. The Balaban J connectivity index is 1.36. The molecule has 1 atom stereocenters. The first kappa shape index (κ1) is 24.5. The lowest BCUT2D eigenvalue weighted by Crippen LogP contribution is -2.54. The van der Waals surface area contributed by atoms with Crippen molar-refractivity contribution in [2.75, 3.05) is 38.2 Å². The van der Waals surface area contributed by atoms with Gasteiger partial charge in [0.2, 0.25) is 0 Å². The molecule has 1 aliphatic heterocycles. The van der Waals surface area contributed by atoms with Crippen LogP contribution in [-0.2, 0) is 4.74 Å². The molecule has 1 fully saturated rings. The van der Waals surface area contributed by atoms with Crippen molar-refractivity contribution in [2.45, 2.75) is 19.1 Å². The molecule has 3 aromatic carbocycles. The number of nitrogens with one attached hydrogen (secondary N) is 1. The number of hydrogen-bond donors (Lipinski definition) is 1. The number of carbonyl (C=O) groups is 1. The van der Waals surface area contributed by atoms with E-state index in [1.165, 1.54) is 4.90 Å². The molecule has 1 saturated heterocycles. The molecule has 0 bridgehead atoms. The van der Waals surface area contributed by atoms with Crippen LogP contribution in [0.2, 0.25) is 5.02 Å². The van der Waals surface area contributed by atoms with Crippen LogP contribution in [0.25, 0.3) is 22.0 Å². The highest BCUT2D eigenvalue weighted by atomic mass is 35.5. The normalized spacial score (nSPS) is 15.7. The number of fused-ring (bicyclic) bond motifs is 4. The van der Waals surface area contributed by atoms with E-state index in [9.17, 15) is 9.59 Å². The summed E-state index contributed by atoms with van der Waals surface area (Å²) >= 11 is 6.43. The van der Waals surface area contributed by atoms with Gasteiger partial charge in [0, 0.05) is 44.4 Å². The minimum Gasteiger partial charge on any atom is -0.436 e. The van der Waals surface area contributed by atoms with E-state index in [0.29, 0.717) is 34.8 Å². The highest BCUT2D eigenvalue weighted by Gasteiger charge is 2.34. The van der Waals surface area contributed by atoms with Gasteiger partial charge < -0.3 is 20.0 Å². The van der Waals surface area contributed by atoms with Crippen molar-refractivity contribution in [3.63, 3.8) is 0 Å². The molecule has 1 aliphatic carbocycles. The SMILES string of the molecule is C[C@@H](c1nc2cccc(Cl)c2c(=O)n1N1CCNCC1)N(C)C(=O)OC1c2ccccc2-c2ccccc21. The third-order valence-corrected chi connectivity index (χ3v) is 7.78. The molecule has 2 aliphatic rings. The summed E-state index contributed by atoms with van der Waals surface area (Å²) in [4.78, 5) is 33.7. The van der Waals surface area contributed by atoms with Gasteiger partial charge in [-0.25, -0.2) is 14.5 Å². The summed E-state index contributed by atoms with van der Waals surface area (Å²) in [6.07, 6.45) is -1.01. The fourth-order valence-corrected chi connectivity index (χ4v) is 5.60. The standard InChI is InChI=1S/C29H28ClN5O3/c1-18(27-32-24-13-7-12-23(30)25(24)28(36)35(27)34-16-14-31-15-17-34)33(2)29(37)38-26-21-10-5-3-8-19(21)20-9-4-6-11-22(20)26/h3-13,18,26,31H,14-17H2,1-2H3/t18-/m0/s1. The molecule has 4 aromatic rings. The zero-order valence-corrected chi connectivity index (χ0v) is 22.0. The summed E-state index contributed by atoms with van der Waals surface area (Å²) in [7, 11) is 1.68. The van der Waals surface area contributed by atoms with E-state index in [-0.39, 0.29) is 5.56 Å². The molecule has 38 heavy (non-hydrogen) atoms. The Hall–Kier alpha value is -3.88. The molecule has 0 spiro atoms. The van der Waals surface area contributed by atoms with E-state index in [4.69, 9.17) is 21.3 Å². The summed E-state index contributed by atoms with van der Waals surface area (Å²) < 4.78 is 7.70. The van der Waals surface area contributed by atoms with Gasteiger partial charge in [-0.2, -0.15) is 0 Å². The van der Waals surface area contributed by atoms with Crippen LogP contribution in [0.5, 0.6) is 0 Å². The first-order valence-corrected chi connectivity index (χ1v) is 13.1. The van der Waals surface area contributed by atoms with Crippen molar-refractivity contribution in [2.24, 2.45) is 0 Å². The van der Waals surface area contributed by atoms with Crippen LogP contribution in [0.4, 0.5) is 4.79 Å². The molecule has 2 heterocycles. The van der Waals surface area contributed by atoms with Gasteiger partial charge in [-0.15, -0.1) is 0 Å². The topological polar surface area (TPSA) is 79.7 Å². The molecule has 194 valence electrons. The summed E-state index contributed by atoms with van der Waals surface area (Å²) in [5.74, 6) is 0.457. The number of aromatic nitrogens is 2. The molecule has 1 N–H and O–H groups in total. The van der Waals surface area contributed by atoms with Crippen LogP contribution < -0.4 is 15.9 Å². The summed E-state index contributed by atoms with van der Waals surface area (Å²) in [6, 6.07) is 20.6. The molecular weight excluding hydrogens is 502 g/mol. The van der Waals surface area contributed by atoms with Gasteiger partial charge in [0.1, 0.15) is 0 Å². The summed E-state index contributed by atoms with van der Waals surface area (Å²) in [5, 5.41) is 6.00. The Kier molecular flexibility index (Phi) is 6.29. The van der Waals surface area contributed by atoms with E-state index in [0.717, 1.165) is 35.3 Å². The predicted octanol–water partition coefficient (Wildman–Crippen LogP) is 4.49. The van der Waals surface area contributed by atoms with Gasteiger partial charge in [-0.05, 0) is 30.2 Å². The van der Waals surface area contributed by atoms with Gasteiger partial charge in [0.15, 0.2) is 11.9 Å². The molecule has 0 saturated carbocycles. The van der Waals surface area contributed by atoms with Crippen molar-refractivity contribution >= 4 is 28.6 Å². The molecule has 6 rings (SSSR count). The van der Waals surface area contributed by atoms with E-state index in [1.807, 2.05) is 60.5 Å². The number of hydrogen-bond acceptors (Lipinski definition) is 6. The molecule has 8 nitrogen and oxygen atoms in total. The number of halogens is 1. The molecule has 1 amide bonds. The largest absolute Gasteiger partial charge is 0.436 e. The number of ether oxygens (including phenoxy) is 1. The van der Waals surface area contributed by atoms with Crippen LogP contribution in [0.3, 0.4) is 0 Å². The van der Waals surface area contributed by atoms with Gasteiger partial charge in [-0.1, -0.05) is 66.2 Å².